The molecule has 2 aromatic carbocycles. The second kappa shape index (κ2) is 6.44. The molecule has 0 spiro atoms. The molecule has 116 valence electrons. The van der Waals surface area contributed by atoms with Gasteiger partial charge in [-0.1, -0.05) is 18.2 Å². The van der Waals surface area contributed by atoms with E-state index in [9.17, 15) is 9.18 Å². The summed E-state index contributed by atoms with van der Waals surface area (Å²) < 4.78 is 14.9. The van der Waals surface area contributed by atoms with Gasteiger partial charge in [0.15, 0.2) is 0 Å². The predicted octanol–water partition coefficient (Wildman–Crippen LogP) is 3.25. The number of benzene rings is 2. The van der Waals surface area contributed by atoms with Crippen LogP contribution in [0.25, 0.3) is 5.69 Å². The van der Waals surface area contributed by atoms with Crippen molar-refractivity contribution in [1.82, 2.24) is 14.9 Å². The molecule has 0 unspecified atom stereocenters. The zero-order chi connectivity index (χ0) is 16.2. The van der Waals surface area contributed by atoms with Gasteiger partial charge in [-0.15, -0.1) is 0 Å². The van der Waals surface area contributed by atoms with E-state index >= 15 is 0 Å². The Labute approximate surface area is 133 Å². The molecule has 0 saturated carbocycles. The summed E-state index contributed by atoms with van der Waals surface area (Å²) in [5.74, 6) is 0.284. The van der Waals surface area contributed by atoms with Gasteiger partial charge in [0.1, 0.15) is 11.6 Å². The van der Waals surface area contributed by atoms with Crippen molar-refractivity contribution < 1.29 is 9.18 Å². The van der Waals surface area contributed by atoms with Crippen molar-refractivity contribution in [2.24, 2.45) is 0 Å². The molecule has 5 heteroatoms. The fraction of sp³-hybridized carbons (Fsp3) is 0.111. The van der Waals surface area contributed by atoms with Crippen LogP contribution in [0.15, 0.2) is 60.9 Å². The highest BCUT2D eigenvalue weighted by atomic mass is 19.1. The number of halogens is 1. The first-order valence-corrected chi connectivity index (χ1v) is 7.27. The van der Waals surface area contributed by atoms with Crippen molar-refractivity contribution in [2.45, 2.75) is 13.5 Å². The Balaban J connectivity index is 1.78. The number of imidazole rings is 1. The Morgan fingerprint density at radius 3 is 2.61 bits per heavy atom. The third-order valence-corrected chi connectivity index (χ3v) is 3.62. The summed E-state index contributed by atoms with van der Waals surface area (Å²) in [5.41, 5.74) is 2.38. The molecule has 3 rings (SSSR count). The first-order chi connectivity index (χ1) is 11.1. The van der Waals surface area contributed by atoms with Gasteiger partial charge in [-0.2, -0.15) is 0 Å². The number of nitrogens with one attached hydrogen (secondary N) is 1. The highest BCUT2D eigenvalue weighted by Gasteiger charge is 2.09. The SMILES string of the molecule is Cc1nccn1-c1ccccc1CNC(=O)c1ccc(F)cc1. The number of nitrogens with zero attached hydrogens (tertiary/aromatic N) is 2. The van der Waals surface area contributed by atoms with Gasteiger partial charge in [0.2, 0.25) is 0 Å². The lowest BCUT2D eigenvalue weighted by Gasteiger charge is -2.12. The second-order valence-electron chi connectivity index (χ2n) is 5.16. The standard InChI is InChI=1S/C18H16FN3O/c1-13-20-10-11-22(13)17-5-3-2-4-15(17)12-21-18(23)14-6-8-16(19)9-7-14/h2-11H,12H2,1H3,(H,21,23). The van der Waals surface area contributed by atoms with Crippen LogP contribution in [-0.4, -0.2) is 15.5 Å². The van der Waals surface area contributed by atoms with E-state index in [0.29, 0.717) is 12.1 Å². The molecule has 0 saturated heterocycles. The van der Waals surface area contributed by atoms with Crippen LogP contribution in [0, 0.1) is 12.7 Å². The molecular weight excluding hydrogens is 293 g/mol. The highest BCUT2D eigenvalue weighted by Crippen LogP contribution is 2.16. The number of para-hydroxylation sites is 1. The molecule has 23 heavy (non-hydrogen) atoms. The molecule has 0 aliphatic heterocycles. The van der Waals surface area contributed by atoms with Gasteiger partial charge in [-0.25, -0.2) is 9.37 Å². The van der Waals surface area contributed by atoms with Crippen LogP contribution in [0.3, 0.4) is 0 Å². The number of hydrogen-bond donors (Lipinski definition) is 1. The number of carbonyl (C=O) groups is 1. The molecule has 0 radical (unpaired) electrons. The normalized spacial score (nSPS) is 10.5. The fourth-order valence-corrected chi connectivity index (χ4v) is 2.41. The van der Waals surface area contributed by atoms with Gasteiger partial charge in [0, 0.05) is 24.5 Å². The van der Waals surface area contributed by atoms with E-state index in [0.717, 1.165) is 17.1 Å². The summed E-state index contributed by atoms with van der Waals surface area (Å²) >= 11 is 0. The van der Waals surface area contributed by atoms with Crippen LogP contribution in [0.4, 0.5) is 4.39 Å². The first-order valence-electron chi connectivity index (χ1n) is 7.27. The number of rotatable bonds is 4. The summed E-state index contributed by atoms with van der Waals surface area (Å²) in [7, 11) is 0. The third-order valence-electron chi connectivity index (χ3n) is 3.62. The van der Waals surface area contributed by atoms with Crippen molar-refractivity contribution in [2.75, 3.05) is 0 Å². The van der Waals surface area contributed by atoms with Gasteiger partial charge in [0.05, 0.1) is 5.69 Å². The van der Waals surface area contributed by atoms with Gasteiger partial charge >= 0.3 is 0 Å². The third kappa shape index (κ3) is 3.29. The second-order valence-corrected chi connectivity index (χ2v) is 5.16. The molecule has 0 aliphatic carbocycles. The summed E-state index contributed by atoms with van der Waals surface area (Å²) in [6, 6.07) is 13.3. The molecule has 0 atom stereocenters. The summed E-state index contributed by atoms with van der Waals surface area (Å²) in [5, 5.41) is 2.86. The summed E-state index contributed by atoms with van der Waals surface area (Å²) in [6.07, 6.45) is 3.62. The van der Waals surface area contributed by atoms with E-state index in [1.165, 1.54) is 24.3 Å². The predicted molar refractivity (Wildman–Crippen MR) is 85.9 cm³/mol. The van der Waals surface area contributed by atoms with Gasteiger partial charge < -0.3 is 9.88 Å². The minimum atomic E-state index is -0.359. The average molecular weight is 309 g/mol. The molecule has 1 heterocycles. The monoisotopic (exact) mass is 309 g/mol. The minimum Gasteiger partial charge on any atom is -0.348 e. The van der Waals surface area contributed by atoms with E-state index in [-0.39, 0.29) is 11.7 Å². The van der Waals surface area contributed by atoms with Crippen molar-refractivity contribution in [1.29, 1.82) is 0 Å². The Morgan fingerprint density at radius 1 is 1.17 bits per heavy atom. The molecular formula is C18H16FN3O. The summed E-state index contributed by atoms with van der Waals surface area (Å²) in [6.45, 7) is 2.30. The van der Waals surface area contributed by atoms with Crippen LogP contribution >= 0.6 is 0 Å². The lowest BCUT2D eigenvalue weighted by Crippen LogP contribution is -2.23. The zero-order valence-corrected chi connectivity index (χ0v) is 12.7. The number of aryl methyl sites for hydroxylation is 1. The number of amides is 1. The molecule has 1 aromatic heterocycles. The highest BCUT2D eigenvalue weighted by molar-refractivity contribution is 5.94. The lowest BCUT2D eigenvalue weighted by atomic mass is 10.1. The Hall–Kier alpha value is -2.95. The van der Waals surface area contributed by atoms with Crippen molar-refractivity contribution in [3.05, 3.63) is 83.7 Å². The molecule has 3 aromatic rings. The van der Waals surface area contributed by atoms with Crippen LogP contribution in [0.1, 0.15) is 21.7 Å². The average Bonchev–Trinajstić information content (AvgIpc) is 2.99. The van der Waals surface area contributed by atoms with E-state index in [1.54, 1.807) is 6.20 Å². The quantitative estimate of drug-likeness (QED) is 0.804. The topological polar surface area (TPSA) is 46.9 Å². The minimum absolute atomic E-state index is 0.234. The van der Waals surface area contributed by atoms with E-state index in [1.807, 2.05) is 42.0 Å². The Bertz CT molecular complexity index is 824. The van der Waals surface area contributed by atoms with Crippen LogP contribution < -0.4 is 5.32 Å². The molecule has 0 bridgehead atoms. The van der Waals surface area contributed by atoms with Crippen molar-refractivity contribution >= 4 is 5.91 Å². The smallest absolute Gasteiger partial charge is 0.251 e. The first kappa shape index (κ1) is 15.0. The van der Waals surface area contributed by atoms with E-state index in [4.69, 9.17) is 0 Å². The molecule has 4 nitrogen and oxygen atoms in total. The summed E-state index contributed by atoms with van der Waals surface area (Å²) in [4.78, 5) is 16.4. The largest absolute Gasteiger partial charge is 0.348 e. The van der Waals surface area contributed by atoms with Crippen molar-refractivity contribution in [3.63, 3.8) is 0 Å². The fourth-order valence-electron chi connectivity index (χ4n) is 2.41. The van der Waals surface area contributed by atoms with Gasteiger partial charge in [-0.3, -0.25) is 4.79 Å². The van der Waals surface area contributed by atoms with Crippen LogP contribution in [-0.2, 0) is 6.54 Å². The maximum atomic E-state index is 12.9. The molecule has 0 aliphatic rings. The molecule has 0 fully saturated rings. The number of hydrogen-bond acceptors (Lipinski definition) is 2. The van der Waals surface area contributed by atoms with E-state index < -0.39 is 0 Å². The maximum Gasteiger partial charge on any atom is 0.251 e. The van der Waals surface area contributed by atoms with Gasteiger partial charge in [-0.05, 0) is 42.8 Å². The molecule has 1 amide bonds. The lowest BCUT2D eigenvalue weighted by molar-refractivity contribution is 0.0951. The zero-order valence-electron chi connectivity index (χ0n) is 12.7. The van der Waals surface area contributed by atoms with Crippen LogP contribution in [0.5, 0.6) is 0 Å². The number of aromatic nitrogens is 2. The maximum absolute atomic E-state index is 12.9. The number of carbonyl (C=O) groups excluding carboxylic acids is 1. The van der Waals surface area contributed by atoms with Crippen LogP contribution in [0.2, 0.25) is 0 Å². The molecule has 1 N–H and O–H groups in total. The Morgan fingerprint density at radius 2 is 1.91 bits per heavy atom. The van der Waals surface area contributed by atoms with E-state index in [2.05, 4.69) is 10.3 Å². The van der Waals surface area contributed by atoms with Gasteiger partial charge in [0.25, 0.3) is 5.91 Å². The van der Waals surface area contributed by atoms with Crippen molar-refractivity contribution in [3.8, 4) is 5.69 Å². The Kier molecular flexibility index (Phi) is 4.19.